The molecule has 7 nitrogen and oxygen atoms in total. The molecule has 0 bridgehead atoms. The number of piperidine rings is 1. The number of carbonyl (C=O) groups is 1. The van der Waals surface area contributed by atoms with Gasteiger partial charge in [0.05, 0.1) is 16.8 Å². The van der Waals surface area contributed by atoms with E-state index >= 15 is 0 Å². The van der Waals surface area contributed by atoms with Crippen LogP contribution in [0.25, 0.3) is 0 Å². The van der Waals surface area contributed by atoms with Gasteiger partial charge in [-0.25, -0.2) is 8.42 Å². The topological polar surface area (TPSA) is 84.9 Å². The minimum absolute atomic E-state index is 0.0757. The Morgan fingerprint density at radius 1 is 1.06 bits per heavy atom. The van der Waals surface area contributed by atoms with Crippen molar-refractivity contribution in [3.05, 3.63) is 54.1 Å². The third-order valence-corrected chi connectivity index (χ3v) is 8.10. The van der Waals surface area contributed by atoms with Crippen molar-refractivity contribution >= 4 is 21.4 Å². The standard InChI is InChI=1S/C25H32N2O5S/c1-2-33(29,30)24-11-7-21(8-12-24)27-15-13-20(14-16-27)26-25(28)19-5-9-22(10-6-19)32-18-23-4-3-17-31-23/h5-12,20,23H,2-4,13-18H2,1H3,(H,26,28). The molecule has 4 rings (SSSR count). The molecule has 1 N–H and O–H groups in total. The molecule has 0 aromatic heterocycles. The number of nitrogens with zero attached hydrogens (tertiary/aromatic N) is 1. The molecule has 0 spiro atoms. The molecular weight excluding hydrogens is 440 g/mol. The Morgan fingerprint density at radius 2 is 1.76 bits per heavy atom. The first kappa shape index (κ1) is 23.6. The zero-order chi connectivity index (χ0) is 23.3. The number of amides is 1. The number of carbonyl (C=O) groups excluding carboxylic acids is 1. The summed E-state index contributed by atoms with van der Waals surface area (Å²) in [4.78, 5) is 15.2. The van der Waals surface area contributed by atoms with E-state index in [1.54, 1.807) is 31.2 Å². The summed E-state index contributed by atoms with van der Waals surface area (Å²) in [5, 5.41) is 3.13. The molecule has 0 saturated carbocycles. The molecule has 1 atom stereocenters. The number of anilines is 1. The molecule has 8 heteroatoms. The van der Waals surface area contributed by atoms with Gasteiger partial charge < -0.3 is 19.7 Å². The maximum absolute atomic E-state index is 12.7. The van der Waals surface area contributed by atoms with Crippen LogP contribution >= 0.6 is 0 Å². The van der Waals surface area contributed by atoms with Gasteiger partial charge in [0.1, 0.15) is 12.4 Å². The van der Waals surface area contributed by atoms with Crippen LogP contribution in [0.1, 0.15) is 43.0 Å². The molecule has 1 unspecified atom stereocenters. The van der Waals surface area contributed by atoms with E-state index in [1.807, 2.05) is 24.3 Å². The Morgan fingerprint density at radius 3 is 2.36 bits per heavy atom. The monoisotopic (exact) mass is 472 g/mol. The molecule has 2 aliphatic rings. The summed E-state index contributed by atoms with van der Waals surface area (Å²) in [6, 6.07) is 14.4. The van der Waals surface area contributed by atoms with E-state index < -0.39 is 9.84 Å². The minimum Gasteiger partial charge on any atom is -0.491 e. The second kappa shape index (κ2) is 10.6. The van der Waals surface area contributed by atoms with Gasteiger partial charge in [-0.15, -0.1) is 0 Å². The molecule has 2 aromatic rings. The molecular formula is C25H32N2O5S. The fourth-order valence-electron chi connectivity index (χ4n) is 4.25. The number of hydrogen-bond acceptors (Lipinski definition) is 6. The van der Waals surface area contributed by atoms with Crippen molar-refractivity contribution in [3.8, 4) is 5.75 Å². The third kappa shape index (κ3) is 6.06. The number of rotatable bonds is 8. The Hall–Kier alpha value is -2.58. The van der Waals surface area contributed by atoms with E-state index in [2.05, 4.69) is 10.2 Å². The third-order valence-electron chi connectivity index (χ3n) is 6.35. The molecule has 0 aliphatic carbocycles. The van der Waals surface area contributed by atoms with Crippen molar-refractivity contribution in [3.63, 3.8) is 0 Å². The zero-order valence-electron chi connectivity index (χ0n) is 19.0. The van der Waals surface area contributed by atoms with Crippen LogP contribution in [0.4, 0.5) is 5.69 Å². The zero-order valence-corrected chi connectivity index (χ0v) is 19.9. The van der Waals surface area contributed by atoms with Crippen molar-refractivity contribution < 1.29 is 22.7 Å². The fraction of sp³-hybridized carbons (Fsp3) is 0.480. The lowest BCUT2D eigenvalue weighted by molar-refractivity contribution is 0.0679. The first-order chi connectivity index (χ1) is 15.9. The Bertz CT molecular complexity index is 1020. The average Bonchev–Trinajstić information content (AvgIpc) is 3.37. The lowest BCUT2D eigenvalue weighted by Gasteiger charge is -2.34. The van der Waals surface area contributed by atoms with E-state index in [4.69, 9.17) is 9.47 Å². The van der Waals surface area contributed by atoms with Crippen LogP contribution < -0.4 is 15.0 Å². The lowest BCUT2D eigenvalue weighted by atomic mass is 10.0. The largest absolute Gasteiger partial charge is 0.491 e. The maximum Gasteiger partial charge on any atom is 0.251 e. The van der Waals surface area contributed by atoms with E-state index in [-0.39, 0.29) is 23.8 Å². The van der Waals surface area contributed by atoms with Gasteiger partial charge in [-0.2, -0.15) is 0 Å². The molecule has 33 heavy (non-hydrogen) atoms. The Labute approximate surface area is 196 Å². The molecule has 2 fully saturated rings. The van der Waals surface area contributed by atoms with Crippen molar-refractivity contribution in [2.45, 2.75) is 49.6 Å². The highest BCUT2D eigenvalue weighted by Gasteiger charge is 2.22. The minimum atomic E-state index is -3.18. The van der Waals surface area contributed by atoms with Crippen LogP contribution in [-0.4, -0.2) is 58.5 Å². The van der Waals surface area contributed by atoms with Gasteiger partial charge in [0, 0.05) is 37.0 Å². The van der Waals surface area contributed by atoms with Gasteiger partial charge in [0.15, 0.2) is 9.84 Å². The Balaban J connectivity index is 1.24. The molecule has 1 amide bonds. The maximum atomic E-state index is 12.7. The van der Waals surface area contributed by atoms with Gasteiger partial charge >= 0.3 is 0 Å². The quantitative estimate of drug-likeness (QED) is 0.634. The highest BCUT2D eigenvalue weighted by molar-refractivity contribution is 7.91. The number of ether oxygens (including phenoxy) is 2. The average molecular weight is 473 g/mol. The highest BCUT2D eigenvalue weighted by Crippen LogP contribution is 2.23. The number of benzene rings is 2. The van der Waals surface area contributed by atoms with Crippen LogP contribution in [0.5, 0.6) is 5.75 Å². The molecule has 0 radical (unpaired) electrons. The van der Waals surface area contributed by atoms with Crippen LogP contribution in [0.2, 0.25) is 0 Å². The first-order valence-corrected chi connectivity index (χ1v) is 13.3. The van der Waals surface area contributed by atoms with Gasteiger partial charge in [0.25, 0.3) is 5.91 Å². The number of nitrogens with one attached hydrogen (secondary N) is 1. The van der Waals surface area contributed by atoms with Crippen LogP contribution in [-0.2, 0) is 14.6 Å². The van der Waals surface area contributed by atoms with Gasteiger partial charge in [-0.1, -0.05) is 6.92 Å². The van der Waals surface area contributed by atoms with Gasteiger partial charge in [0.2, 0.25) is 0 Å². The van der Waals surface area contributed by atoms with Gasteiger partial charge in [-0.05, 0) is 74.2 Å². The summed E-state index contributed by atoms with van der Waals surface area (Å²) < 4.78 is 35.3. The van der Waals surface area contributed by atoms with E-state index in [1.165, 1.54) is 0 Å². The summed E-state index contributed by atoms with van der Waals surface area (Å²) in [5.41, 5.74) is 1.63. The van der Waals surface area contributed by atoms with Gasteiger partial charge in [-0.3, -0.25) is 4.79 Å². The smallest absolute Gasteiger partial charge is 0.251 e. The molecule has 2 aliphatic heterocycles. The summed E-state index contributed by atoms with van der Waals surface area (Å²) in [6.07, 6.45) is 3.96. The van der Waals surface area contributed by atoms with Crippen LogP contribution in [0, 0.1) is 0 Å². The normalized spacial score (nSPS) is 19.4. The van der Waals surface area contributed by atoms with E-state index in [9.17, 15) is 13.2 Å². The first-order valence-electron chi connectivity index (χ1n) is 11.7. The summed E-state index contributed by atoms with van der Waals surface area (Å²) >= 11 is 0. The Kier molecular flexibility index (Phi) is 7.55. The second-order valence-electron chi connectivity index (χ2n) is 8.60. The second-order valence-corrected chi connectivity index (χ2v) is 10.9. The van der Waals surface area contributed by atoms with E-state index in [0.29, 0.717) is 17.1 Å². The van der Waals surface area contributed by atoms with E-state index in [0.717, 1.165) is 56.8 Å². The fourth-order valence-corrected chi connectivity index (χ4v) is 5.13. The highest BCUT2D eigenvalue weighted by atomic mass is 32.2. The van der Waals surface area contributed by atoms with Crippen molar-refractivity contribution in [2.75, 3.05) is 37.0 Å². The SMILES string of the molecule is CCS(=O)(=O)c1ccc(N2CCC(NC(=O)c3ccc(OCC4CCCO4)cc3)CC2)cc1. The predicted molar refractivity (Wildman–Crippen MR) is 128 cm³/mol. The van der Waals surface area contributed by atoms with Crippen molar-refractivity contribution in [1.29, 1.82) is 0 Å². The molecule has 2 saturated heterocycles. The number of hydrogen-bond donors (Lipinski definition) is 1. The summed E-state index contributed by atoms with van der Waals surface area (Å²) in [7, 11) is -3.18. The molecule has 2 aromatic carbocycles. The molecule has 178 valence electrons. The predicted octanol–water partition coefficient (Wildman–Crippen LogP) is 3.44. The summed E-state index contributed by atoms with van der Waals surface area (Å²) in [5.74, 6) is 0.768. The van der Waals surface area contributed by atoms with Crippen molar-refractivity contribution in [1.82, 2.24) is 5.32 Å². The van der Waals surface area contributed by atoms with Crippen LogP contribution in [0.15, 0.2) is 53.4 Å². The van der Waals surface area contributed by atoms with Crippen molar-refractivity contribution in [2.24, 2.45) is 0 Å². The molecule has 2 heterocycles. The summed E-state index contributed by atoms with van der Waals surface area (Å²) in [6.45, 7) is 4.61. The lowest BCUT2D eigenvalue weighted by Crippen LogP contribution is -2.44. The number of sulfone groups is 1. The van der Waals surface area contributed by atoms with Crippen LogP contribution in [0.3, 0.4) is 0 Å².